The molecule has 9 nitrogen and oxygen atoms in total. The SMILES string of the molecule is N.N.N.O=C(O)c1ccccc1OI.OB(O)O. The third-order valence-corrected chi connectivity index (χ3v) is 1.68. The van der Waals surface area contributed by atoms with Crippen LogP contribution in [0.1, 0.15) is 10.4 Å². The van der Waals surface area contributed by atoms with Gasteiger partial charge in [-0.3, -0.25) is 0 Å². The lowest BCUT2D eigenvalue weighted by Crippen LogP contribution is -2.07. The van der Waals surface area contributed by atoms with Crippen LogP contribution in [0.15, 0.2) is 24.3 Å². The third-order valence-electron chi connectivity index (χ3n) is 1.20. The van der Waals surface area contributed by atoms with Crippen LogP contribution in [0, 0.1) is 0 Å². The predicted octanol–water partition coefficient (Wildman–Crippen LogP) is 0.548. The van der Waals surface area contributed by atoms with Crippen LogP contribution in [0.3, 0.4) is 0 Å². The van der Waals surface area contributed by atoms with E-state index in [2.05, 4.69) is 0 Å². The van der Waals surface area contributed by atoms with Crippen LogP contribution >= 0.6 is 23.0 Å². The van der Waals surface area contributed by atoms with Crippen LogP contribution in [0.5, 0.6) is 5.75 Å². The molecule has 0 saturated heterocycles. The van der Waals surface area contributed by atoms with Crippen LogP contribution in [-0.2, 0) is 0 Å². The monoisotopic (exact) mass is 377 g/mol. The van der Waals surface area contributed by atoms with Gasteiger partial charge in [-0.05, 0) is 12.1 Å². The molecule has 0 aliphatic carbocycles. The molecule has 0 spiro atoms. The van der Waals surface area contributed by atoms with Crippen molar-refractivity contribution in [1.29, 1.82) is 0 Å². The van der Waals surface area contributed by atoms with Gasteiger partial charge in [0.05, 0.1) is 0 Å². The van der Waals surface area contributed by atoms with Gasteiger partial charge in [0.2, 0.25) is 0 Å². The lowest BCUT2D eigenvalue weighted by molar-refractivity contribution is 0.0695. The number of aromatic carboxylic acids is 1. The van der Waals surface area contributed by atoms with Gasteiger partial charge in [-0.25, -0.2) is 4.79 Å². The Hall–Kier alpha value is -0.955. The van der Waals surface area contributed by atoms with Crippen LogP contribution < -0.4 is 21.5 Å². The first-order chi connectivity index (χ1) is 6.99. The number of hydrogen-bond acceptors (Lipinski definition) is 8. The average Bonchev–Trinajstić information content (AvgIpc) is 2.16. The van der Waals surface area contributed by atoms with Gasteiger partial charge < -0.3 is 41.7 Å². The lowest BCUT2D eigenvalue weighted by Gasteiger charge is -1.99. The summed E-state index contributed by atoms with van der Waals surface area (Å²) in [5.41, 5.74) is 0.182. The summed E-state index contributed by atoms with van der Waals surface area (Å²) in [5, 5.41) is 30.1. The maximum absolute atomic E-state index is 10.5. The van der Waals surface area contributed by atoms with E-state index in [1.54, 1.807) is 41.2 Å². The zero-order valence-electron chi connectivity index (χ0n) is 9.49. The van der Waals surface area contributed by atoms with Gasteiger partial charge in [-0.15, -0.1) is 0 Å². The van der Waals surface area contributed by atoms with E-state index in [-0.39, 0.29) is 24.0 Å². The van der Waals surface area contributed by atoms with Crippen LogP contribution in [0.25, 0.3) is 0 Å². The molecule has 0 fully saturated rings. The topological polar surface area (TPSA) is 212 Å². The molecule has 0 aliphatic rings. The highest BCUT2D eigenvalue weighted by Gasteiger charge is 2.08. The molecule has 11 heteroatoms. The van der Waals surface area contributed by atoms with E-state index in [0.717, 1.165) is 0 Å². The summed E-state index contributed by atoms with van der Waals surface area (Å²) in [6.07, 6.45) is 0. The van der Waals surface area contributed by atoms with Crippen molar-refractivity contribution >= 4 is 36.3 Å². The molecule has 0 amide bonds. The Kier molecular flexibility index (Phi) is 20.2. The quantitative estimate of drug-likeness (QED) is 0.283. The lowest BCUT2D eigenvalue weighted by atomic mass is 10.2. The summed E-state index contributed by atoms with van der Waals surface area (Å²) >= 11 is 1.65. The number of carboxylic acid groups (broad SMARTS) is 1. The summed E-state index contributed by atoms with van der Waals surface area (Å²) in [4.78, 5) is 10.5. The second-order valence-corrected chi connectivity index (χ2v) is 2.67. The van der Waals surface area contributed by atoms with E-state index in [0.29, 0.717) is 5.75 Å². The molecule has 0 heterocycles. The average molecular weight is 377 g/mol. The minimum absolute atomic E-state index is 0. The number of benzene rings is 1. The highest BCUT2D eigenvalue weighted by atomic mass is 127. The third kappa shape index (κ3) is 11.5. The molecule has 1 rings (SSSR count). The Bertz CT molecular complexity index is 327. The van der Waals surface area contributed by atoms with Crippen molar-refractivity contribution in [3.63, 3.8) is 0 Å². The van der Waals surface area contributed by atoms with Gasteiger partial charge >= 0.3 is 13.3 Å². The second-order valence-electron chi connectivity index (χ2n) is 2.22. The van der Waals surface area contributed by atoms with Crippen LogP contribution in [0.4, 0.5) is 0 Å². The standard InChI is InChI=1S/C7H5IO3.BH3O3.3H3N/c8-11-6-4-2-1-3-5(6)7(9)10;2-1(3)4;;;/h1-4H,(H,9,10);2-4H;3*1H3. The second kappa shape index (κ2) is 14.1. The van der Waals surface area contributed by atoms with Gasteiger partial charge in [-0.2, -0.15) is 0 Å². The van der Waals surface area contributed by atoms with Crippen molar-refractivity contribution in [3.8, 4) is 5.75 Å². The van der Waals surface area contributed by atoms with E-state index in [9.17, 15) is 4.79 Å². The summed E-state index contributed by atoms with van der Waals surface area (Å²) in [6.45, 7) is 0. The van der Waals surface area contributed by atoms with Gasteiger partial charge in [-0.1, -0.05) is 12.1 Å². The fourth-order valence-electron chi connectivity index (χ4n) is 0.711. The zero-order chi connectivity index (χ0) is 11.8. The number of carbonyl (C=O) groups is 1. The molecular weight excluding hydrogens is 360 g/mol. The Morgan fingerprint density at radius 1 is 1.11 bits per heavy atom. The molecule has 0 radical (unpaired) electrons. The van der Waals surface area contributed by atoms with E-state index in [4.69, 9.17) is 23.2 Å². The normalized spacial score (nSPS) is 7.11. The molecule has 106 valence electrons. The molecule has 13 N–H and O–H groups in total. The Balaban J connectivity index is -0.000000125. The smallest absolute Gasteiger partial charge is 0.478 e. The van der Waals surface area contributed by atoms with Crippen LogP contribution in [0.2, 0.25) is 0 Å². The molecule has 0 unspecified atom stereocenters. The molecule has 18 heavy (non-hydrogen) atoms. The molecule has 0 aliphatic heterocycles. The molecule has 0 aromatic heterocycles. The molecule has 1 aromatic rings. The van der Waals surface area contributed by atoms with Crippen molar-refractivity contribution in [2.75, 3.05) is 0 Å². The van der Waals surface area contributed by atoms with E-state index < -0.39 is 13.3 Å². The Morgan fingerprint density at radius 3 is 1.78 bits per heavy atom. The van der Waals surface area contributed by atoms with Crippen LogP contribution in [-0.4, -0.2) is 33.5 Å². The van der Waals surface area contributed by atoms with Gasteiger partial charge in [0, 0.05) is 0 Å². The summed E-state index contributed by atoms with van der Waals surface area (Å²) < 4.78 is 4.80. The molecule has 0 atom stereocenters. The minimum Gasteiger partial charge on any atom is -0.478 e. The fraction of sp³-hybridized carbons (Fsp3) is 0. The highest BCUT2D eigenvalue weighted by Crippen LogP contribution is 2.19. The Labute approximate surface area is 118 Å². The summed E-state index contributed by atoms with van der Waals surface area (Å²) in [6, 6.07) is 6.48. The van der Waals surface area contributed by atoms with Gasteiger partial charge in [0.15, 0.2) is 23.0 Å². The molecule has 0 bridgehead atoms. The first-order valence-corrected chi connectivity index (χ1v) is 4.52. The maximum atomic E-state index is 10.5. The van der Waals surface area contributed by atoms with E-state index in [1.807, 2.05) is 0 Å². The van der Waals surface area contributed by atoms with Crippen molar-refractivity contribution in [3.05, 3.63) is 29.8 Å². The van der Waals surface area contributed by atoms with Crippen molar-refractivity contribution < 1.29 is 28.0 Å². The predicted molar refractivity (Wildman–Crippen MR) is 75.5 cm³/mol. The number of carboxylic acids is 1. The fourth-order valence-corrected chi connectivity index (χ4v) is 1.09. The van der Waals surface area contributed by atoms with Crippen molar-refractivity contribution in [1.82, 2.24) is 18.5 Å². The number of para-hydroxylation sites is 1. The van der Waals surface area contributed by atoms with Crippen molar-refractivity contribution in [2.24, 2.45) is 0 Å². The van der Waals surface area contributed by atoms with E-state index >= 15 is 0 Å². The Morgan fingerprint density at radius 2 is 1.50 bits per heavy atom. The summed E-state index contributed by atoms with van der Waals surface area (Å²) in [7, 11) is -2.17. The maximum Gasteiger partial charge on any atom is 0.631 e. The van der Waals surface area contributed by atoms with Gasteiger partial charge in [0.1, 0.15) is 11.3 Å². The highest BCUT2D eigenvalue weighted by molar-refractivity contribution is 14.1. The van der Waals surface area contributed by atoms with E-state index in [1.165, 1.54) is 6.07 Å². The summed E-state index contributed by atoms with van der Waals surface area (Å²) in [5.74, 6) is -0.599. The number of hydrogen-bond donors (Lipinski definition) is 7. The van der Waals surface area contributed by atoms with Gasteiger partial charge in [0.25, 0.3) is 0 Å². The molecular formula is C7H17BIN3O6. The first-order valence-electron chi connectivity index (χ1n) is 3.64. The zero-order valence-corrected chi connectivity index (χ0v) is 11.6. The first kappa shape index (κ1) is 25.8. The molecule has 0 saturated carbocycles. The number of rotatable bonds is 2. The number of halogens is 1. The molecule has 1 aromatic carbocycles. The largest absolute Gasteiger partial charge is 0.631 e. The minimum atomic E-state index is -2.17. The van der Waals surface area contributed by atoms with Crippen molar-refractivity contribution in [2.45, 2.75) is 0 Å².